The lowest BCUT2D eigenvalue weighted by atomic mass is 10.1. The number of thioether (sulfide) groups is 1. The van der Waals surface area contributed by atoms with E-state index in [9.17, 15) is 0 Å². The van der Waals surface area contributed by atoms with Gasteiger partial charge in [-0.2, -0.15) is 0 Å². The van der Waals surface area contributed by atoms with Gasteiger partial charge < -0.3 is 20.1 Å². The lowest BCUT2D eigenvalue weighted by Gasteiger charge is -2.16. The highest BCUT2D eigenvalue weighted by molar-refractivity contribution is 8.00. The highest BCUT2D eigenvalue weighted by Gasteiger charge is 2.18. The van der Waals surface area contributed by atoms with Gasteiger partial charge in [0.2, 0.25) is 0 Å². The molecule has 1 atom stereocenters. The number of nitrogens with one attached hydrogen (secondary N) is 2. The molecule has 0 radical (unpaired) electrons. The van der Waals surface area contributed by atoms with Gasteiger partial charge in [0.05, 0.1) is 19.8 Å². The van der Waals surface area contributed by atoms with E-state index in [1.807, 2.05) is 11.6 Å². The third-order valence-electron chi connectivity index (χ3n) is 4.40. The number of thiazole rings is 1. The van der Waals surface area contributed by atoms with Gasteiger partial charge in [-0.05, 0) is 31.9 Å². The van der Waals surface area contributed by atoms with E-state index in [0.717, 1.165) is 59.9 Å². The van der Waals surface area contributed by atoms with E-state index in [4.69, 9.17) is 14.5 Å². The average Bonchev–Trinajstić information content (AvgIpc) is 3.41. The smallest absolute Gasteiger partial charge is 0.191 e. The van der Waals surface area contributed by atoms with Gasteiger partial charge >= 0.3 is 0 Å². The van der Waals surface area contributed by atoms with Crippen LogP contribution in [0.1, 0.15) is 30.9 Å². The maximum Gasteiger partial charge on any atom is 0.191 e. The van der Waals surface area contributed by atoms with Crippen LogP contribution in [0.2, 0.25) is 0 Å². The number of aliphatic imine (C=N–C) groups is 1. The highest BCUT2D eigenvalue weighted by atomic mass is 32.2. The van der Waals surface area contributed by atoms with Crippen molar-refractivity contribution in [3.05, 3.63) is 40.9 Å². The summed E-state index contributed by atoms with van der Waals surface area (Å²) in [7, 11) is 0. The first-order valence-corrected chi connectivity index (χ1v) is 12.0. The molecule has 0 amide bonds. The molecule has 1 unspecified atom stereocenters. The van der Waals surface area contributed by atoms with Gasteiger partial charge in [0.1, 0.15) is 16.2 Å². The molecular formula is C21H30N4O2S2. The summed E-state index contributed by atoms with van der Waals surface area (Å²) in [5.41, 5.74) is 2.29. The Labute approximate surface area is 181 Å². The molecule has 158 valence electrons. The minimum absolute atomic E-state index is 0.140. The van der Waals surface area contributed by atoms with E-state index in [1.54, 1.807) is 23.1 Å². The maximum atomic E-state index is 6.19. The van der Waals surface area contributed by atoms with Crippen molar-refractivity contribution >= 4 is 29.1 Å². The fourth-order valence-electron chi connectivity index (χ4n) is 2.91. The monoisotopic (exact) mass is 434 g/mol. The lowest BCUT2D eigenvalue weighted by Crippen LogP contribution is -2.37. The Morgan fingerprint density at radius 2 is 2.34 bits per heavy atom. The minimum atomic E-state index is 0.140. The second-order valence-corrected chi connectivity index (χ2v) is 9.07. The van der Waals surface area contributed by atoms with Gasteiger partial charge in [-0.3, -0.25) is 0 Å². The van der Waals surface area contributed by atoms with Crippen molar-refractivity contribution in [3.63, 3.8) is 0 Å². The molecule has 0 saturated carbocycles. The first-order chi connectivity index (χ1) is 14.2. The summed E-state index contributed by atoms with van der Waals surface area (Å²) >= 11 is 3.49. The van der Waals surface area contributed by atoms with Gasteiger partial charge in [0.25, 0.3) is 0 Å². The topological polar surface area (TPSA) is 67.8 Å². The van der Waals surface area contributed by atoms with E-state index < -0.39 is 0 Å². The van der Waals surface area contributed by atoms with Crippen LogP contribution in [0.4, 0.5) is 0 Å². The molecular weight excluding hydrogens is 404 g/mol. The summed E-state index contributed by atoms with van der Waals surface area (Å²) in [4.78, 5) is 9.06. The third-order valence-corrected chi connectivity index (χ3v) is 6.46. The van der Waals surface area contributed by atoms with Crippen molar-refractivity contribution in [1.29, 1.82) is 0 Å². The van der Waals surface area contributed by atoms with E-state index in [2.05, 4.69) is 47.7 Å². The van der Waals surface area contributed by atoms with E-state index in [-0.39, 0.29) is 6.10 Å². The SMILES string of the molecule is CCNC(=NCc1ccc(C)cc1OC1CCOC1)NCCCSc1nccs1. The second kappa shape index (κ2) is 12.0. The van der Waals surface area contributed by atoms with Crippen molar-refractivity contribution in [3.8, 4) is 5.75 Å². The predicted octanol–water partition coefficient (Wildman–Crippen LogP) is 3.86. The van der Waals surface area contributed by atoms with Crippen LogP contribution in [0.5, 0.6) is 5.75 Å². The Balaban J connectivity index is 1.51. The molecule has 0 aliphatic carbocycles. The molecule has 1 aromatic heterocycles. The van der Waals surface area contributed by atoms with Gasteiger partial charge in [0, 0.05) is 42.4 Å². The molecule has 1 saturated heterocycles. The summed E-state index contributed by atoms with van der Waals surface area (Å²) < 4.78 is 12.8. The zero-order valence-corrected chi connectivity index (χ0v) is 18.8. The fraction of sp³-hybridized carbons (Fsp3) is 0.524. The highest BCUT2D eigenvalue weighted by Crippen LogP contribution is 2.24. The molecule has 3 rings (SSSR count). The Hall–Kier alpha value is -1.77. The second-order valence-electron chi connectivity index (χ2n) is 6.84. The van der Waals surface area contributed by atoms with Crippen molar-refractivity contribution < 1.29 is 9.47 Å². The van der Waals surface area contributed by atoms with Crippen LogP contribution < -0.4 is 15.4 Å². The molecule has 2 aromatic rings. The van der Waals surface area contributed by atoms with Crippen LogP contribution in [0, 0.1) is 6.92 Å². The number of aromatic nitrogens is 1. The van der Waals surface area contributed by atoms with Crippen molar-refractivity contribution in [2.75, 3.05) is 32.1 Å². The Kier molecular flexibility index (Phi) is 9.11. The molecule has 6 nitrogen and oxygen atoms in total. The average molecular weight is 435 g/mol. The van der Waals surface area contributed by atoms with Crippen LogP contribution in [0.3, 0.4) is 0 Å². The number of nitrogens with zero attached hydrogens (tertiary/aromatic N) is 2. The Bertz CT molecular complexity index is 762. The number of guanidine groups is 1. The fourth-order valence-corrected chi connectivity index (χ4v) is 4.56. The molecule has 1 aliphatic rings. The molecule has 29 heavy (non-hydrogen) atoms. The van der Waals surface area contributed by atoms with E-state index in [0.29, 0.717) is 13.2 Å². The number of hydrogen-bond acceptors (Lipinski definition) is 6. The Morgan fingerprint density at radius 1 is 1.41 bits per heavy atom. The first kappa shape index (κ1) is 21.9. The predicted molar refractivity (Wildman–Crippen MR) is 121 cm³/mol. The summed E-state index contributed by atoms with van der Waals surface area (Å²) in [6, 6.07) is 6.32. The van der Waals surface area contributed by atoms with E-state index >= 15 is 0 Å². The summed E-state index contributed by atoms with van der Waals surface area (Å²) in [6.45, 7) is 7.89. The standard InChI is InChI=1S/C21H30N4O2S2/c1-3-22-20(23-8-4-11-28-21-24-9-12-29-21)25-14-17-6-5-16(2)13-19(17)27-18-7-10-26-15-18/h5-6,9,12-13,18H,3-4,7-8,10-11,14-15H2,1-2H3,(H2,22,23,25). The number of benzene rings is 1. The van der Waals surface area contributed by atoms with Crippen LogP contribution in [0.25, 0.3) is 0 Å². The summed E-state index contributed by atoms with van der Waals surface area (Å²) in [5, 5.41) is 8.76. The van der Waals surface area contributed by atoms with Crippen LogP contribution in [0.15, 0.2) is 39.1 Å². The summed E-state index contributed by atoms with van der Waals surface area (Å²) in [6.07, 6.45) is 3.99. The van der Waals surface area contributed by atoms with Crippen molar-refractivity contribution in [1.82, 2.24) is 15.6 Å². The lowest BCUT2D eigenvalue weighted by molar-refractivity contribution is 0.140. The largest absolute Gasteiger partial charge is 0.488 e. The van der Waals surface area contributed by atoms with E-state index in [1.165, 1.54) is 5.56 Å². The molecule has 2 heterocycles. The number of hydrogen-bond donors (Lipinski definition) is 2. The number of aryl methyl sites for hydroxylation is 1. The number of rotatable bonds is 10. The van der Waals surface area contributed by atoms with Gasteiger partial charge in [0.15, 0.2) is 5.96 Å². The van der Waals surface area contributed by atoms with Gasteiger partial charge in [-0.15, -0.1) is 11.3 Å². The van der Waals surface area contributed by atoms with Crippen LogP contribution in [-0.4, -0.2) is 49.1 Å². The molecule has 0 bridgehead atoms. The molecule has 2 N–H and O–H groups in total. The summed E-state index contributed by atoms with van der Waals surface area (Å²) in [5.74, 6) is 2.79. The quantitative estimate of drug-likeness (QED) is 0.256. The zero-order chi connectivity index (χ0) is 20.3. The zero-order valence-electron chi connectivity index (χ0n) is 17.1. The third kappa shape index (κ3) is 7.53. The van der Waals surface area contributed by atoms with Gasteiger partial charge in [-0.25, -0.2) is 9.98 Å². The maximum absolute atomic E-state index is 6.19. The minimum Gasteiger partial charge on any atom is -0.488 e. The van der Waals surface area contributed by atoms with Crippen molar-refractivity contribution in [2.45, 2.75) is 43.7 Å². The van der Waals surface area contributed by atoms with Crippen molar-refractivity contribution in [2.24, 2.45) is 4.99 Å². The number of ether oxygens (including phenoxy) is 2. The van der Waals surface area contributed by atoms with Crippen LogP contribution >= 0.6 is 23.1 Å². The molecule has 8 heteroatoms. The van der Waals surface area contributed by atoms with Gasteiger partial charge in [-0.1, -0.05) is 23.9 Å². The normalized spacial score (nSPS) is 16.8. The first-order valence-electron chi connectivity index (χ1n) is 10.1. The molecule has 1 aliphatic heterocycles. The Morgan fingerprint density at radius 3 is 3.10 bits per heavy atom. The molecule has 1 aromatic carbocycles. The molecule has 1 fully saturated rings. The van der Waals surface area contributed by atoms with Crippen LogP contribution in [-0.2, 0) is 11.3 Å². The molecule has 0 spiro atoms.